The number of carbonyl (C=O) groups is 1. The standard InChI is InChI=1S/C21H24N4O2/c26-19(18-7-3-14-27-18)24-12-8-21(9-13-24)15-25(20-22-10-4-11-23-20)17-6-2-1-5-16(17)21/h1-2,4-6,10-11,18H,3,7-9,12-15H2/t18-/m1/s1. The molecule has 3 aliphatic heterocycles. The number of aromatic nitrogens is 2. The fourth-order valence-corrected chi connectivity index (χ4v) is 4.80. The summed E-state index contributed by atoms with van der Waals surface area (Å²) in [5.41, 5.74) is 2.62. The Morgan fingerprint density at radius 1 is 1.11 bits per heavy atom. The Morgan fingerprint density at radius 3 is 2.63 bits per heavy atom. The van der Waals surface area contributed by atoms with Gasteiger partial charge in [-0.05, 0) is 43.4 Å². The molecule has 0 N–H and O–H groups in total. The van der Waals surface area contributed by atoms with Crippen molar-refractivity contribution >= 4 is 17.5 Å². The summed E-state index contributed by atoms with van der Waals surface area (Å²) in [6.45, 7) is 3.17. The number of benzene rings is 1. The van der Waals surface area contributed by atoms with Crippen LogP contribution in [0.15, 0.2) is 42.7 Å². The van der Waals surface area contributed by atoms with Gasteiger partial charge in [-0.2, -0.15) is 0 Å². The van der Waals surface area contributed by atoms with Gasteiger partial charge in [0, 0.05) is 49.7 Å². The molecule has 1 aromatic carbocycles. The lowest BCUT2D eigenvalue weighted by Gasteiger charge is -2.40. The number of piperidine rings is 1. The van der Waals surface area contributed by atoms with E-state index in [4.69, 9.17) is 4.74 Å². The first-order chi connectivity index (χ1) is 13.3. The largest absolute Gasteiger partial charge is 0.368 e. The third-order valence-electron chi connectivity index (χ3n) is 6.26. The van der Waals surface area contributed by atoms with E-state index >= 15 is 0 Å². The minimum Gasteiger partial charge on any atom is -0.368 e. The molecule has 0 saturated carbocycles. The van der Waals surface area contributed by atoms with Crippen LogP contribution in [0, 0.1) is 0 Å². The molecule has 0 radical (unpaired) electrons. The van der Waals surface area contributed by atoms with Crippen LogP contribution in [0.2, 0.25) is 0 Å². The molecule has 3 aliphatic rings. The molecule has 4 heterocycles. The number of carbonyl (C=O) groups excluding carboxylic acids is 1. The number of ether oxygens (including phenoxy) is 1. The SMILES string of the molecule is O=C([C@H]1CCCO1)N1CCC2(CC1)CN(c1ncccn1)c1ccccc12. The molecule has 1 atom stereocenters. The summed E-state index contributed by atoms with van der Waals surface area (Å²) < 4.78 is 5.60. The normalized spacial score (nSPS) is 23.6. The quantitative estimate of drug-likeness (QED) is 0.820. The Kier molecular flexibility index (Phi) is 4.08. The lowest BCUT2D eigenvalue weighted by atomic mass is 9.74. The Hall–Kier alpha value is -2.47. The molecule has 6 nitrogen and oxygen atoms in total. The van der Waals surface area contributed by atoms with Crippen LogP contribution >= 0.6 is 0 Å². The van der Waals surface area contributed by atoms with Gasteiger partial charge >= 0.3 is 0 Å². The van der Waals surface area contributed by atoms with Gasteiger partial charge in [0.05, 0.1) is 0 Å². The number of likely N-dealkylation sites (tertiary alicyclic amines) is 1. The number of rotatable bonds is 2. The van der Waals surface area contributed by atoms with Crippen LogP contribution in [0.5, 0.6) is 0 Å². The van der Waals surface area contributed by atoms with E-state index in [2.05, 4.69) is 39.1 Å². The van der Waals surface area contributed by atoms with Gasteiger partial charge in [-0.15, -0.1) is 0 Å². The predicted octanol–water partition coefficient (Wildman–Crippen LogP) is 2.67. The van der Waals surface area contributed by atoms with E-state index in [-0.39, 0.29) is 17.4 Å². The van der Waals surface area contributed by atoms with E-state index in [9.17, 15) is 4.79 Å². The highest BCUT2D eigenvalue weighted by Crippen LogP contribution is 2.48. The van der Waals surface area contributed by atoms with E-state index in [0.29, 0.717) is 6.61 Å². The molecule has 2 aromatic rings. The third-order valence-corrected chi connectivity index (χ3v) is 6.26. The number of fused-ring (bicyclic) bond motifs is 2. The van der Waals surface area contributed by atoms with Crippen LogP contribution in [-0.4, -0.2) is 53.1 Å². The Labute approximate surface area is 159 Å². The summed E-state index contributed by atoms with van der Waals surface area (Å²) in [5, 5.41) is 0. The molecule has 6 heteroatoms. The zero-order chi connectivity index (χ0) is 18.3. The molecule has 0 bridgehead atoms. The number of hydrogen-bond donors (Lipinski definition) is 0. The van der Waals surface area contributed by atoms with E-state index < -0.39 is 0 Å². The molecule has 0 aliphatic carbocycles. The monoisotopic (exact) mass is 364 g/mol. The second-order valence-corrected chi connectivity index (χ2v) is 7.76. The van der Waals surface area contributed by atoms with Crippen LogP contribution < -0.4 is 4.90 Å². The maximum Gasteiger partial charge on any atom is 0.251 e. The number of amides is 1. The first-order valence-electron chi connectivity index (χ1n) is 9.81. The van der Waals surface area contributed by atoms with E-state index in [0.717, 1.165) is 51.3 Å². The van der Waals surface area contributed by atoms with Crippen molar-refractivity contribution in [2.24, 2.45) is 0 Å². The Morgan fingerprint density at radius 2 is 1.89 bits per heavy atom. The van der Waals surface area contributed by atoms with E-state index in [1.54, 1.807) is 12.4 Å². The molecule has 27 heavy (non-hydrogen) atoms. The van der Waals surface area contributed by atoms with Crippen molar-refractivity contribution in [2.75, 3.05) is 31.1 Å². The second kappa shape index (κ2) is 6.60. The van der Waals surface area contributed by atoms with Crippen LogP contribution in [0.1, 0.15) is 31.2 Å². The number of anilines is 2. The number of hydrogen-bond acceptors (Lipinski definition) is 5. The summed E-state index contributed by atoms with van der Waals surface area (Å²) >= 11 is 0. The molecule has 140 valence electrons. The molecule has 2 saturated heterocycles. The Balaban J connectivity index is 1.39. The molecule has 1 amide bonds. The highest BCUT2D eigenvalue weighted by atomic mass is 16.5. The van der Waals surface area contributed by atoms with E-state index in [1.807, 2.05) is 11.0 Å². The van der Waals surface area contributed by atoms with Gasteiger partial charge in [-0.1, -0.05) is 18.2 Å². The van der Waals surface area contributed by atoms with Gasteiger partial charge in [0.25, 0.3) is 5.91 Å². The molecular weight excluding hydrogens is 340 g/mol. The fourth-order valence-electron chi connectivity index (χ4n) is 4.80. The van der Waals surface area contributed by atoms with Gasteiger partial charge in [0.15, 0.2) is 0 Å². The van der Waals surface area contributed by atoms with Gasteiger partial charge in [0.2, 0.25) is 5.95 Å². The van der Waals surface area contributed by atoms with Crippen molar-refractivity contribution in [2.45, 2.75) is 37.2 Å². The molecule has 2 fully saturated rings. The van der Waals surface area contributed by atoms with Crippen molar-refractivity contribution in [1.29, 1.82) is 0 Å². The average Bonchev–Trinajstić information content (AvgIpc) is 3.37. The fraction of sp³-hybridized carbons (Fsp3) is 0.476. The molecule has 5 rings (SSSR count). The van der Waals surface area contributed by atoms with Crippen molar-refractivity contribution in [3.63, 3.8) is 0 Å². The number of nitrogens with zero attached hydrogens (tertiary/aromatic N) is 4. The number of para-hydroxylation sites is 1. The maximum absolute atomic E-state index is 12.7. The highest BCUT2D eigenvalue weighted by Gasteiger charge is 2.46. The van der Waals surface area contributed by atoms with Crippen LogP contribution in [0.3, 0.4) is 0 Å². The summed E-state index contributed by atoms with van der Waals surface area (Å²) in [7, 11) is 0. The zero-order valence-corrected chi connectivity index (χ0v) is 15.4. The van der Waals surface area contributed by atoms with Crippen molar-refractivity contribution in [1.82, 2.24) is 14.9 Å². The summed E-state index contributed by atoms with van der Waals surface area (Å²) in [6.07, 6.45) is 7.15. The topological polar surface area (TPSA) is 58.6 Å². The minimum absolute atomic E-state index is 0.0586. The van der Waals surface area contributed by atoms with Gasteiger partial charge < -0.3 is 14.5 Å². The van der Waals surface area contributed by atoms with Gasteiger partial charge in [0.1, 0.15) is 6.10 Å². The first-order valence-corrected chi connectivity index (χ1v) is 9.81. The molecule has 1 aromatic heterocycles. The van der Waals surface area contributed by atoms with Gasteiger partial charge in [-0.3, -0.25) is 4.79 Å². The summed E-state index contributed by atoms with van der Waals surface area (Å²) in [6, 6.07) is 10.4. The van der Waals surface area contributed by atoms with Crippen LogP contribution in [-0.2, 0) is 14.9 Å². The lowest BCUT2D eigenvalue weighted by molar-refractivity contribution is -0.142. The van der Waals surface area contributed by atoms with Crippen molar-refractivity contribution in [3.8, 4) is 0 Å². The van der Waals surface area contributed by atoms with Crippen LogP contribution in [0.4, 0.5) is 11.6 Å². The lowest BCUT2D eigenvalue weighted by Crippen LogP contribution is -2.49. The smallest absolute Gasteiger partial charge is 0.251 e. The van der Waals surface area contributed by atoms with E-state index in [1.165, 1.54) is 11.3 Å². The third kappa shape index (κ3) is 2.79. The van der Waals surface area contributed by atoms with Crippen LogP contribution in [0.25, 0.3) is 0 Å². The first kappa shape index (κ1) is 16.7. The zero-order valence-electron chi connectivity index (χ0n) is 15.4. The predicted molar refractivity (Wildman–Crippen MR) is 102 cm³/mol. The second-order valence-electron chi connectivity index (χ2n) is 7.76. The van der Waals surface area contributed by atoms with Gasteiger partial charge in [-0.25, -0.2) is 9.97 Å². The maximum atomic E-state index is 12.7. The van der Waals surface area contributed by atoms with Crippen molar-refractivity contribution < 1.29 is 9.53 Å². The minimum atomic E-state index is -0.218. The van der Waals surface area contributed by atoms with Crippen molar-refractivity contribution in [3.05, 3.63) is 48.3 Å². The average molecular weight is 364 g/mol. The molecule has 0 unspecified atom stereocenters. The molecule has 1 spiro atoms. The summed E-state index contributed by atoms with van der Waals surface area (Å²) in [4.78, 5) is 25.9. The summed E-state index contributed by atoms with van der Waals surface area (Å²) in [5.74, 6) is 0.927. The Bertz CT molecular complexity index is 827. The molecular formula is C21H24N4O2. The highest BCUT2D eigenvalue weighted by molar-refractivity contribution is 5.81.